The maximum Gasteiger partial charge on any atom is 0.255 e. The summed E-state index contributed by atoms with van der Waals surface area (Å²) in [4.78, 5) is 29.2. The number of nitrogens with zero attached hydrogens (tertiary/aromatic N) is 1. The van der Waals surface area contributed by atoms with Gasteiger partial charge in [0, 0.05) is 22.2 Å². The molecule has 0 aliphatic heterocycles. The summed E-state index contributed by atoms with van der Waals surface area (Å²) < 4.78 is 10.9. The fourth-order valence-corrected chi connectivity index (χ4v) is 3.56. The van der Waals surface area contributed by atoms with E-state index in [4.69, 9.17) is 9.47 Å². The molecule has 1 aromatic heterocycles. The Hall–Kier alpha value is -4.17. The van der Waals surface area contributed by atoms with Crippen molar-refractivity contribution in [3.8, 4) is 11.5 Å². The minimum Gasteiger partial charge on any atom is -0.495 e. The summed E-state index contributed by atoms with van der Waals surface area (Å²) in [7, 11) is 1.55. The van der Waals surface area contributed by atoms with Gasteiger partial charge in [-0.25, -0.2) is 4.98 Å². The van der Waals surface area contributed by atoms with Gasteiger partial charge >= 0.3 is 0 Å². The molecule has 0 saturated heterocycles. The van der Waals surface area contributed by atoms with Crippen molar-refractivity contribution in [2.75, 3.05) is 17.7 Å². The van der Waals surface area contributed by atoms with Gasteiger partial charge in [0.1, 0.15) is 18.1 Å². The summed E-state index contributed by atoms with van der Waals surface area (Å²) in [6.45, 7) is 0.381. The van der Waals surface area contributed by atoms with Crippen LogP contribution in [0, 0.1) is 0 Å². The Morgan fingerprint density at radius 1 is 0.879 bits per heavy atom. The van der Waals surface area contributed by atoms with Gasteiger partial charge in [0.05, 0.1) is 24.0 Å². The zero-order chi connectivity index (χ0) is 23.0. The number of carbonyl (C=O) groups excluding carboxylic acids is 2. The van der Waals surface area contributed by atoms with Gasteiger partial charge < -0.3 is 20.1 Å². The van der Waals surface area contributed by atoms with E-state index >= 15 is 0 Å². The maximum absolute atomic E-state index is 12.5. The van der Waals surface area contributed by atoms with Crippen molar-refractivity contribution < 1.29 is 19.1 Å². The predicted octanol–water partition coefficient (Wildman–Crippen LogP) is 5.24. The van der Waals surface area contributed by atoms with Gasteiger partial charge in [-0.15, -0.1) is 11.3 Å². The van der Waals surface area contributed by atoms with Crippen molar-refractivity contribution in [3.05, 3.63) is 101 Å². The Bertz CT molecular complexity index is 1220. The molecule has 0 aliphatic rings. The topological polar surface area (TPSA) is 89.6 Å². The number of methoxy groups -OCH3 is 1. The molecule has 2 amide bonds. The van der Waals surface area contributed by atoms with Gasteiger partial charge in [0.2, 0.25) is 0 Å². The van der Waals surface area contributed by atoms with Crippen molar-refractivity contribution >= 4 is 34.5 Å². The number of thiazole rings is 1. The second-order valence-electron chi connectivity index (χ2n) is 6.98. The third kappa shape index (κ3) is 5.75. The standard InChI is InChI=1S/C25H21N3O4S/c1-31-23-5-3-2-4-22(23)28-25(30)17-6-10-19(11-7-17)27-24(29)18-8-12-21(13-9-18)32-14-20-15-33-16-26-20/h2-13,15-16H,14H2,1H3,(H,27,29)(H,28,30). The Balaban J connectivity index is 1.33. The van der Waals surface area contributed by atoms with E-state index in [1.165, 1.54) is 11.3 Å². The molecule has 166 valence electrons. The minimum atomic E-state index is -0.273. The third-order valence-corrected chi connectivity index (χ3v) is 5.38. The van der Waals surface area contributed by atoms with E-state index < -0.39 is 0 Å². The highest BCUT2D eigenvalue weighted by atomic mass is 32.1. The number of aromatic nitrogens is 1. The fraction of sp³-hybridized carbons (Fsp3) is 0.0800. The van der Waals surface area contributed by atoms with Crippen molar-refractivity contribution in [2.24, 2.45) is 0 Å². The Kier molecular flexibility index (Phi) is 6.96. The van der Waals surface area contributed by atoms with Crippen LogP contribution in [0.4, 0.5) is 11.4 Å². The van der Waals surface area contributed by atoms with Crippen molar-refractivity contribution in [3.63, 3.8) is 0 Å². The summed E-state index contributed by atoms with van der Waals surface area (Å²) >= 11 is 1.51. The van der Waals surface area contributed by atoms with Crippen LogP contribution in [0.5, 0.6) is 11.5 Å². The van der Waals surface area contributed by atoms with Gasteiger partial charge in [-0.3, -0.25) is 9.59 Å². The lowest BCUT2D eigenvalue weighted by Gasteiger charge is -2.10. The van der Waals surface area contributed by atoms with Crippen LogP contribution in [0.3, 0.4) is 0 Å². The molecule has 7 nitrogen and oxygen atoms in total. The van der Waals surface area contributed by atoms with E-state index in [9.17, 15) is 9.59 Å². The molecule has 0 saturated carbocycles. The van der Waals surface area contributed by atoms with E-state index in [2.05, 4.69) is 15.6 Å². The van der Waals surface area contributed by atoms with Crippen LogP contribution < -0.4 is 20.1 Å². The summed E-state index contributed by atoms with van der Waals surface area (Å²) in [5.41, 5.74) is 4.74. The van der Waals surface area contributed by atoms with Crippen LogP contribution >= 0.6 is 11.3 Å². The summed E-state index contributed by atoms with van der Waals surface area (Å²) in [6.07, 6.45) is 0. The number of para-hydroxylation sites is 2. The number of hydrogen-bond donors (Lipinski definition) is 2. The summed E-state index contributed by atoms with van der Waals surface area (Å²) in [5.74, 6) is 0.706. The van der Waals surface area contributed by atoms with E-state index in [-0.39, 0.29) is 11.8 Å². The molecule has 3 aromatic carbocycles. The monoisotopic (exact) mass is 459 g/mol. The van der Waals surface area contributed by atoms with Crippen LogP contribution in [-0.2, 0) is 6.61 Å². The number of benzene rings is 3. The molecule has 0 fully saturated rings. The predicted molar refractivity (Wildman–Crippen MR) is 128 cm³/mol. The second kappa shape index (κ2) is 10.4. The van der Waals surface area contributed by atoms with Crippen molar-refractivity contribution in [1.29, 1.82) is 0 Å². The van der Waals surface area contributed by atoms with Gasteiger partial charge in [-0.1, -0.05) is 12.1 Å². The lowest BCUT2D eigenvalue weighted by atomic mass is 10.1. The van der Waals surface area contributed by atoms with Crippen molar-refractivity contribution in [2.45, 2.75) is 6.61 Å². The Morgan fingerprint density at radius 3 is 2.21 bits per heavy atom. The summed E-state index contributed by atoms with van der Waals surface area (Å²) in [5, 5.41) is 7.57. The van der Waals surface area contributed by atoms with E-state index in [1.807, 2.05) is 17.5 Å². The molecule has 1 heterocycles. The number of carbonyl (C=O) groups is 2. The molecule has 0 aliphatic carbocycles. The average Bonchev–Trinajstić information content (AvgIpc) is 3.37. The molecule has 0 atom stereocenters. The number of ether oxygens (including phenoxy) is 2. The zero-order valence-electron chi connectivity index (χ0n) is 17.8. The van der Waals surface area contributed by atoms with E-state index in [0.29, 0.717) is 40.6 Å². The van der Waals surface area contributed by atoms with Crippen molar-refractivity contribution in [1.82, 2.24) is 4.98 Å². The number of rotatable bonds is 8. The molecule has 0 unspecified atom stereocenters. The first-order chi connectivity index (χ1) is 16.1. The van der Waals surface area contributed by atoms with Gasteiger partial charge in [0.25, 0.3) is 11.8 Å². The summed E-state index contributed by atoms with van der Waals surface area (Å²) in [6, 6.07) is 20.7. The SMILES string of the molecule is COc1ccccc1NC(=O)c1ccc(NC(=O)c2ccc(OCc3cscn3)cc2)cc1. The normalized spacial score (nSPS) is 10.3. The highest BCUT2D eigenvalue weighted by molar-refractivity contribution is 7.07. The largest absolute Gasteiger partial charge is 0.495 e. The molecule has 4 aromatic rings. The first kappa shape index (κ1) is 22.0. The number of nitrogens with one attached hydrogen (secondary N) is 2. The molecule has 0 radical (unpaired) electrons. The first-order valence-electron chi connectivity index (χ1n) is 10.1. The third-order valence-electron chi connectivity index (χ3n) is 4.75. The fourth-order valence-electron chi connectivity index (χ4n) is 3.02. The minimum absolute atomic E-state index is 0.257. The number of amides is 2. The van der Waals surface area contributed by atoms with E-state index in [1.54, 1.807) is 73.3 Å². The number of anilines is 2. The lowest BCUT2D eigenvalue weighted by molar-refractivity contribution is 0.101. The van der Waals surface area contributed by atoms with Crippen LogP contribution in [0.1, 0.15) is 26.4 Å². The Morgan fingerprint density at radius 2 is 1.55 bits per heavy atom. The average molecular weight is 460 g/mol. The van der Waals surface area contributed by atoms with Gasteiger partial charge in [-0.05, 0) is 60.7 Å². The highest BCUT2D eigenvalue weighted by Gasteiger charge is 2.11. The molecular formula is C25H21N3O4S. The van der Waals surface area contributed by atoms with Crippen LogP contribution in [0.2, 0.25) is 0 Å². The van der Waals surface area contributed by atoms with Crippen LogP contribution in [0.15, 0.2) is 83.7 Å². The quantitative estimate of drug-likeness (QED) is 0.376. The zero-order valence-corrected chi connectivity index (χ0v) is 18.6. The first-order valence-corrected chi connectivity index (χ1v) is 11.0. The maximum atomic E-state index is 12.5. The van der Waals surface area contributed by atoms with E-state index in [0.717, 1.165) is 5.69 Å². The molecular weight excluding hydrogens is 438 g/mol. The number of hydrogen-bond acceptors (Lipinski definition) is 6. The lowest BCUT2D eigenvalue weighted by Crippen LogP contribution is -2.14. The molecule has 8 heteroatoms. The Labute approximate surface area is 195 Å². The molecule has 4 rings (SSSR count). The van der Waals surface area contributed by atoms with Gasteiger partial charge in [-0.2, -0.15) is 0 Å². The smallest absolute Gasteiger partial charge is 0.255 e. The van der Waals surface area contributed by atoms with Crippen LogP contribution in [-0.4, -0.2) is 23.9 Å². The highest BCUT2D eigenvalue weighted by Crippen LogP contribution is 2.24. The van der Waals surface area contributed by atoms with Gasteiger partial charge in [0.15, 0.2) is 0 Å². The molecule has 2 N–H and O–H groups in total. The molecule has 33 heavy (non-hydrogen) atoms. The molecule has 0 spiro atoms. The van der Waals surface area contributed by atoms with Crippen LogP contribution in [0.25, 0.3) is 0 Å². The second-order valence-corrected chi connectivity index (χ2v) is 7.70. The molecule has 0 bridgehead atoms.